The second-order valence-corrected chi connectivity index (χ2v) is 7.41. The van der Waals surface area contributed by atoms with E-state index in [-0.39, 0.29) is 11.0 Å². The molecular weight excluding hydrogens is 318 g/mol. The van der Waals surface area contributed by atoms with Gasteiger partial charge in [-0.1, -0.05) is 32.9 Å². The first kappa shape index (κ1) is 18.5. The fraction of sp³-hybridized carbons (Fsp3) is 0.500. The van der Waals surface area contributed by atoms with E-state index in [1.54, 1.807) is 12.1 Å². The monoisotopic (exact) mass is 336 g/mol. The van der Waals surface area contributed by atoms with Crippen LogP contribution in [0.25, 0.3) is 0 Å². The van der Waals surface area contributed by atoms with E-state index in [0.717, 1.165) is 5.56 Å². The summed E-state index contributed by atoms with van der Waals surface area (Å²) >= 11 is 0. The van der Waals surface area contributed by atoms with Crippen molar-refractivity contribution in [1.82, 2.24) is 0 Å². The minimum absolute atomic E-state index is 0.00554. The molecule has 8 heteroatoms. The second kappa shape index (κ2) is 5.92. The fourth-order valence-corrected chi connectivity index (χ4v) is 2.08. The van der Waals surface area contributed by atoms with Gasteiger partial charge in [-0.2, -0.15) is 17.2 Å². The Kier molecular flexibility index (Phi) is 4.98. The van der Waals surface area contributed by atoms with Gasteiger partial charge < -0.3 is 4.74 Å². The Morgan fingerprint density at radius 3 is 2.00 bits per heavy atom. The zero-order valence-corrected chi connectivity index (χ0v) is 13.4. The van der Waals surface area contributed by atoms with Crippen LogP contribution in [0.15, 0.2) is 24.3 Å². The van der Waals surface area contributed by atoms with Gasteiger partial charge in [0.2, 0.25) is 0 Å². The fourth-order valence-electron chi connectivity index (χ4n) is 1.61. The lowest BCUT2D eigenvalue weighted by Gasteiger charge is -2.21. The third kappa shape index (κ3) is 4.01. The van der Waals surface area contributed by atoms with Crippen LogP contribution >= 0.6 is 0 Å². The molecule has 124 valence electrons. The lowest BCUT2D eigenvalue weighted by Crippen LogP contribution is -2.42. The summed E-state index contributed by atoms with van der Waals surface area (Å²) in [6, 6.07) is 6.12. The summed E-state index contributed by atoms with van der Waals surface area (Å²) < 4.78 is 60.7. The Hall–Kier alpha value is -1.54. The third-order valence-corrected chi connectivity index (χ3v) is 4.11. The van der Waals surface area contributed by atoms with Gasteiger partial charge in [0, 0.05) is 0 Å². The molecule has 0 bridgehead atoms. The maximum atomic E-state index is 13.3. The Balaban J connectivity index is 2.90. The van der Waals surface area contributed by atoms with E-state index < -0.39 is 27.4 Å². The van der Waals surface area contributed by atoms with Crippen LogP contribution in [0.4, 0.5) is 8.78 Å². The van der Waals surface area contributed by atoms with Crippen molar-refractivity contribution in [2.24, 2.45) is 0 Å². The van der Waals surface area contributed by atoms with Gasteiger partial charge in [0.1, 0.15) is 0 Å². The van der Waals surface area contributed by atoms with Crippen LogP contribution in [0.5, 0.6) is 0 Å². The van der Waals surface area contributed by atoms with Crippen molar-refractivity contribution >= 4 is 16.1 Å². The molecule has 1 rings (SSSR count). The van der Waals surface area contributed by atoms with Crippen molar-refractivity contribution in [3.05, 3.63) is 35.4 Å². The molecule has 1 N–H and O–H groups in total. The SMILES string of the molecule is CC(OC(=O)c1ccc(C(C)(C)C)cc1)C(F)(F)S(=O)(=O)O. The summed E-state index contributed by atoms with van der Waals surface area (Å²) in [7, 11) is -5.67. The van der Waals surface area contributed by atoms with Crippen LogP contribution in [0, 0.1) is 0 Å². The van der Waals surface area contributed by atoms with E-state index in [4.69, 9.17) is 4.55 Å². The second-order valence-electron chi connectivity index (χ2n) is 5.91. The molecule has 0 fully saturated rings. The molecular formula is C14H18F2O5S. The standard InChI is InChI=1S/C14H18F2O5S/c1-9(14(15,16)22(18,19)20)21-12(17)10-5-7-11(8-6-10)13(2,3)4/h5-9H,1-4H3,(H,18,19,20). The quantitative estimate of drug-likeness (QED) is 0.675. The Morgan fingerprint density at radius 1 is 1.18 bits per heavy atom. The number of rotatable bonds is 4. The average Bonchev–Trinajstić information content (AvgIpc) is 2.36. The van der Waals surface area contributed by atoms with Gasteiger partial charge in [-0.15, -0.1) is 0 Å². The molecule has 0 saturated carbocycles. The first-order valence-corrected chi connectivity index (χ1v) is 7.87. The lowest BCUT2D eigenvalue weighted by molar-refractivity contribution is -0.0549. The van der Waals surface area contributed by atoms with Crippen LogP contribution in [0.3, 0.4) is 0 Å². The van der Waals surface area contributed by atoms with Gasteiger partial charge in [0.25, 0.3) is 0 Å². The van der Waals surface area contributed by atoms with E-state index in [1.807, 2.05) is 20.8 Å². The van der Waals surface area contributed by atoms with Crippen LogP contribution in [0.2, 0.25) is 0 Å². The summed E-state index contributed by atoms with van der Waals surface area (Å²) in [5.74, 6) is -1.10. The number of halogens is 2. The van der Waals surface area contributed by atoms with Crippen LogP contribution in [-0.4, -0.2) is 30.3 Å². The molecule has 22 heavy (non-hydrogen) atoms. The highest BCUT2D eigenvalue weighted by molar-refractivity contribution is 7.86. The zero-order chi connectivity index (χ0) is 17.3. The molecule has 1 unspecified atom stereocenters. The topological polar surface area (TPSA) is 80.7 Å². The molecule has 1 aromatic rings. The Labute approximate surface area is 128 Å². The first-order chi connectivity index (χ1) is 9.76. The number of carbonyl (C=O) groups excluding carboxylic acids is 1. The number of ether oxygens (including phenoxy) is 1. The molecule has 0 heterocycles. The third-order valence-electron chi connectivity index (χ3n) is 3.09. The van der Waals surface area contributed by atoms with E-state index >= 15 is 0 Å². The molecule has 0 aliphatic carbocycles. The molecule has 5 nitrogen and oxygen atoms in total. The maximum absolute atomic E-state index is 13.3. The van der Waals surface area contributed by atoms with Gasteiger partial charge in [-0.05, 0) is 30.0 Å². The van der Waals surface area contributed by atoms with Gasteiger partial charge in [-0.25, -0.2) is 4.79 Å². The smallest absolute Gasteiger partial charge is 0.405 e. The van der Waals surface area contributed by atoms with Gasteiger partial charge in [-0.3, -0.25) is 4.55 Å². The molecule has 0 saturated heterocycles. The molecule has 0 aromatic heterocycles. The van der Waals surface area contributed by atoms with Crippen LogP contribution in [0.1, 0.15) is 43.6 Å². The highest BCUT2D eigenvalue weighted by Gasteiger charge is 2.52. The van der Waals surface area contributed by atoms with Crippen molar-refractivity contribution in [2.45, 2.75) is 44.5 Å². The van der Waals surface area contributed by atoms with E-state index in [9.17, 15) is 22.0 Å². The first-order valence-electron chi connectivity index (χ1n) is 6.43. The van der Waals surface area contributed by atoms with Gasteiger partial charge in [0.15, 0.2) is 6.10 Å². The molecule has 0 radical (unpaired) electrons. The molecule has 0 aliphatic heterocycles. The summed E-state index contributed by atoms with van der Waals surface area (Å²) in [6.07, 6.45) is -2.32. The van der Waals surface area contributed by atoms with Crippen molar-refractivity contribution in [3.8, 4) is 0 Å². The number of hydrogen-bond acceptors (Lipinski definition) is 4. The maximum Gasteiger partial charge on any atom is 0.405 e. The number of benzene rings is 1. The van der Waals surface area contributed by atoms with Crippen LogP contribution < -0.4 is 0 Å². The molecule has 0 spiro atoms. The number of carbonyl (C=O) groups is 1. The predicted octanol–water partition coefficient (Wildman–Crippen LogP) is 3.01. The largest absolute Gasteiger partial charge is 0.451 e. The number of hydrogen-bond donors (Lipinski definition) is 1. The molecule has 0 aliphatic rings. The highest BCUT2D eigenvalue weighted by Crippen LogP contribution is 2.28. The van der Waals surface area contributed by atoms with Crippen molar-refractivity contribution in [3.63, 3.8) is 0 Å². The summed E-state index contributed by atoms with van der Waals surface area (Å²) in [5, 5.41) is -4.58. The van der Waals surface area contributed by atoms with Gasteiger partial charge in [0.05, 0.1) is 5.56 Å². The number of esters is 1. The minimum Gasteiger partial charge on any atom is -0.451 e. The van der Waals surface area contributed by atoms with Crippen molar-refractivity contribution < 1.29 is 31.3 Å². The summed E-state index contributed by atoms with van der Waals surface area (Å²) in [5.41, 5.74) is 0.791. The molecule has 1 atom stereocenters. The average molecular weight is 336 g/mol. The zero-order valence-electron chi connectivity index (χ0n) is 12.6. The minimum atomic E-state index is -5.67. The number of alkyl halides is 2. The predicted molar refractivity (Wildman–Crippen MR) is 76.5 cm³/mol. The molecule has 1 aromatic carbocycles. The van der Waals surface area contributed by atoms with E-state index in [0.29, 0.717) is 6.92 Å². The highest BCUT2D eigenvalue weighted by atomic mass is 32.2. The lowest BCUT2D eigenvalue weighted by atomic mass is 9.87. The summed E-state index contributed by atoms with van der Waals surface area (Å²) in [6.45, 7) is 6.59. The normalized spacial score (nSPS) is 14.5. The Bertz CT molecular complexity index is 645. The van der Waals surface area contributed by atoms with Gasteiger partial charge >= 0.3 is 21.3 Å². The summed E-state index contributed by atoms with van der Waals surface area (Å²) in [4.78, 5) is 11.8. The van der Waals surface area contributed by atoms with E-state index in [1.165, 1.54) is 12.1 Å². The van der Waals surface area contributed by atoms with Crippen molar-refractivity contribution in [2.75, 3.05) is 0 Å². The molecule has 0 amide bonds. The van der Waals surface area contributed by atoms with Crippen LogP contribution in [-0.2, 0) is 20.3 Å². The van der Waals surface area contributed by atoms with E-state index in [2.05, 4.69) is 4.74 Å². The van der Waals surface area contributed by atoms with Crippen molar-refractivity contribution in [1.29, 1.82) is 0 Å². The Morgan fingerprint density at radius 2 is 1.64 bits per heavy atom.